The maximum atomic E-state index is 12.9. The topological polar surface area (TPSA) is 111 Å². The zero-order valence-electron chi connectivity index (χ0n) is 46.7. The molecular weight excluding hydrogens is 911 g/mol. The molecule has 0 aliphatic heterocycles. The Morgan fingerprint density at radius 2 is 0.740 bits per heavy atom. The number of carbonyl (C=O) groups excluding carboxylic acids is 3. The van der Waals surface area contributed by atoms with Gasteiger partial charge in [-0.2, -0.15) is 0 Å². The molecule has 0 saturated heterocycles. The van der Waals surface area contributed by atoms with Gasteiger partial charge in [-0.1, -0.05) is 205 Å². The van der Waals surface area contributed by atoms with Crippen molar-refractivity contribution in [2.45, 2.75) is 206 Å². The van der Waals surface area contributed by atoms with E-state index < -0.39 is 24.3 Å². The van der Waals surface area contributed by atoms with Crippen LogP contribution in [0.5, 0.6) is 0 Å². The third kappa shape index (κ3) is 55.0. The molecule has 0 aromatic heterocycles. The summed E-state index contributed by atoms with van der Waals surface area (Å²) in [6, 6.07) is 0. The van der Waals surface area contributed by atoms with Crippen molar-refractivity contribution < 1.29 is 42.9 Å². The molecule has 73 heavy (non-hydrogen) atoms. The molecule has 2 unspecified atom stereocenters. The molecule has 0 aromatic rings. The third-order valence-electron chi connectivity index (χ3n) is 11.4. The summed E-state index contributed by atoms with van der Waals surface area (Å²) in [6.07, 6.45) is 73.4. The fourth-order valence-electron chi connectivity index (χ4n) is 7.09. The fourth-order valence-corrected chi connectivity index (χ4v) is 7.09. The van der Waals surface area contributed by atoms with Gasteiger partial charge in [0.05, 0.1) is 40.3 Å². The molecule has 9 nitrogen and oxygen atoms in total. The van der Waals surface area contributed by atoms with E-state index in [1.807, 2.05) is 21.1 Å². The fraction of sp³-hybridized carbons (Fsp3) is 0.609. The number of quaternary nitrogens is 1. The summed E-state index contributed by atoms with van der Waals surface area (Å²) in [4.78, 5) is 37.3. The Kier molecular flexibility index (Phi) is 50.4. The van der Waals surface area contributed by atoms with Crippen molar-refractivity contribution in [1.29, 1.82) is 0 Å². The van der Waals surface area contributed by atoms with Crippen LogP contribution in [0.3, 0.4) is 0 Å². The molecule has 0 aromatic carbocycles. The molecule has 0 aliphatic carbocycles. The Morgan fingerprint density at radius 3 is 1.10 bits per heavy atom. The van der Waals surface area contributed by atoms with E-state index in [2.05, 4.69) is 148 Å². The van der Waals surface area contributed by atoms with Gasteiger partial charge >= 0.3 is 11.9 Å². The lowest BCUT2D eigenvalue weighted by molar-refractivity contribution is -0.870. The summed E-state index contributed by atoms with van der Waals surface area (Å²) in [6.45, 7) is 4.46. The Bertz CT molecular complexity index is 1650. The van der Waals surface area contributed by atoms with Crippen LogP contribution in [0.1, 0.15) is 194 Å². The highest BCUT2D eigenvalue weighted by Gasteiger charge is 2.22. The van der Waals surface area contributed by atoms with E-state index in [0.717, 1.165) is 135 Å². The molecule has 0 amide bonds. The first kappa shape index (κ1) is 68.4. The number of esters is 2. The first-order valence-corrected chi connectivity index (χ1v) is 28.3. The van der Waals surface area contributed by atoms with Gasteiger partial charge in [-0.25, -0.2) is 0 Å². The Labute approximate surface area is 446 Å². The van der Waals surface area contributed by atoms with E-state index in [-0.39, 0.29) is 38.6 Å². The van der Waals surface area contributed by atoms with Crippen molar-refractivity contribution in [1.82, 2.24) is 0 Å². The van der Waals surface area contributed by atoms with Crippen molar-refractivity contribution in [2.24, 2.45) is 0 Å². The molecule has 0 N–H and O–H groups in total. The quantitative estimate of drug-likeness (QED) is 0.0195. The van der Waals surface area contributed by atoms with Crippen LogP contribution >= 0.6 is 0 Å². The standard InChI is InChI=1S/C64H103NO8/c1-6-8-10-12-14-16-18-20-22-24-26-27-28-29-30-31-32-33-34-35-37-39-41-43-45-47-49-51-53-55-62(67)73-60(59-72-64(63(68)69)70-57-56-65(3,4)5)58-71-61(66)54-52-50-48-46-44-42-40-38-36-25-23-21-19-17-15-13-11-9-7-2/h8-11,14-17,20-23,26-27,29-30,32-33,35-38,60,64H,6-7,12-13,18-19,24-25,28,31,34,39-59H2,1-5H3/b10-8-,11-9-,16-14-,17-15-,22-20-,23-21-,27-26-,30-29-,33-32-,37-35-,38-36-. The van der Waals surface area contributed by atoms with Crippen LogP contribution in [0.15, 0.2) is 134 Å². The second-order valence-electron chi connectivity index (χ2n) is 19.5. The Morgan fingerprint density at radius 1 is 0.411 bits per heavy atom. The maximum Gasteiger partial charge on any atom is 0.306 e. The van der Waals surface area contributed by atoms with Crippen LogP contribution in [0.4, 0.5) is 0 Å². The number of nitrogens with zero attached hydrogens (tertiary/aromatic N) is 1. The number of allylic oxidation sites excluding steroid dienone is 22. The molecule has 0 rings (SSSR count). The number of carboxylic acid groups (broad SMARTS) is 1. The van der Waals surface area contributed by atoms with Crippen LogP contribution in [0.2, 0.25) is 0 Å². The molecule has 2 atom stereocenters. The zero-order valence-corrected chi connectivity index (χ0v) is 46.7. The summed E-state index contributed by atoms with van der Waals surface area (Å²) in [7, 11) is 5.90. The number of carbonyl (C=O) groups is 3. The van der Waals surface area contributed by atoms with Gasteiger partial charge in [-0.3, -0.25) is 9.59 Å². The average Bonchev–Trinajstić information content (AvgIpc) is 3.36. The van der Waals surface area contributed by atoms with Gasteiger partial charge in [-0.05, 0) is 109 Å². The van der Waals surface area contributed by atoms with E-state index in [4.69, 9.17) is 18.9 Å². The number of rotatable bonds is 50. The number of unbranched alkanes of at least 4 members (excludes halogenated alkanes) is 13. The summed E-state index contributed by atoms with van der Waals surface area (Å²) < 4.78 is 22.6. The predicted octanol–water partition coefficient (Wildman–Crippen LogP) is 15.3. The van der Waals surface area contributed by atoms with Crippen molar-refractivity contribution >= 4 is 17.9 Å². The van der Waals surface area contributed by atoms with Gasteiger partial charge in [0.25, 0.3) is 0 Å². The zero-order chi connectivity index (χ0) is 53.4. The van der Waals surface area contributed by atoms with E-state index in [0.29, 0.717) is 23.9 Å². The second-order valence-corrected chi connectivity index (χ2v) is 19.5. The van der Waals surface area contributed by atoms with Crippen LogP contribution in [-0.2, 0) is 33.3 Å². The molecule has 0 spiro atoms. The summed E-state index contributed by atoms with van der Waals surface area (Å²) in [5.74, 6) is -2.34. The molecule has 412 valence electrons. The Balaban J connectivity index is 4.35. The van der Waals surface area contributed by atoms with E-state index in [1.54, 1.807) is 0 Å². The second kappa shape index (κ2) is 53.7. The Hall–Kier alpha value is -4.57. The number of hydrogen-bond acceptors (Lipinski definition) is 8. The van der Waals surface area contributed by atoms with Gasteiger partial charge < -0.3 is 33.3 Å². The first-order chi connectivity index (χ1) is 35.6. The number of carboxylic acids is 1. The highest BCUT2D eigenvalue weighted by molar-refractivity contribution is 5.70. The van der Waals surface area contributed by atoms with Crippen LogP contribution in [-0.4, -0.2) is 82.3 Å². The van der Waals surface area contributed by atoms with Crippen molar-refractivity contribution in [2.75, 3.05) is 47.5 Å². The minimum Gasteiger partial charge on any atom is -0.545 e. The molecule has 0 radical (unpaired) electrons. The molecule has 9 heteroatoms. The molecule has 0 saturated carbocycles. The van der Waals surface area contributed by atoms with Crippen molar-refractivity contribution in [3.63, 3.8) is 0 Å². The van der Waals surface area contributed by atoms with Crippen LogP contribution < -0.4 is 5.11 Å². The van der Waals surface area contributed by atoms with E-state index in [1.165, 1.54) is 19.3 Å². The summed E-state index contributed by atoms with van der Waals surface area (Å²) in [5.41, 5.74) is 0. The minimum atomic E-state index is -1.64. The lowest BCUT2D eigenvalue weighted by Gasteiger charge is -2.26. The molecule has 0 fully saturated rings. The van der Waals surface area contributed by atoms with E-state index >= 15 is 0 Å². The number of hydrogen-bond donors (Lipinski definition) is 0. The molecule has 0 bridgehead atoms. The van der Waals surface area contributed by atoms with Gasteiger partial charge in [0.2, 0.25) is 0 Å². The van der Waals surface area contributed by atoms with Crippen LogP contribution in [0, 0.1) is 0 Å². The highest BCUT2D eigenvalue weighted by atomic mass is 16.7. The van der Waals surface area contributed by atoms with Crippen molar-refractivity contribution in [3.05, 3.63) is 134 Å². The normalized spacial score (nSPS) is 13.8. The number of likely N-dealkylation sites (N-methyl/N-ethyl adjacent to an activating group) is 1. The SMILES string of the molecule is CC/C=C\C/C=C\C/C=C\C/C=C\C/C=C\C/C=C\C/C=C\CCCCCCCCCC(=O)OC(COC(=O)CCCCCCCC/C=C\C/C=C\C/C=C\C/C=C\CC)COC(OCC[N+](C)(C)C)C(=O)[O-]. The summed E-state index contributed by atoms with van der Waals surface area (Å²) in [5, 5.41) is 11.8. The molecule has 0 heterocycles. The van der Waals surface area contributed by atoms with E-state index in [9.17, 15) is 19.5 Å². The average molecular weight is 1010 g/mol. The predicted molar refractivity (Wildman–Crippen MR) is 306 cm³/mol. The summed E-state index contributed by atoms with van der Waals surface area (Å²) >= 11 is 0. The smallest absolute Gasteiger partial charge is 0.306 e. The van der Waals surface area contributed by atoms with Crippen molar-refractivity contribution in [3.8, 4) is 0 Å². The minimum absolute atomic E-state index is 0.135. The van der Waals surface area contributed by atoms with Gasteiger partial charge in [0.1, 0.15) is 13.2 Å². The third-order valence-corrected chi connectivity index (χ3v) is 11.4. The highest BCUT2D eigenvalue weighted by Crippen LogP contribution is 2.13. The number of ether oxygens (including phenoxy) is 4. The van der Waals surface area contributed by atoms with Gasteiger partial charge in [-0.15, -0.1) is 0 Å². The van der Waals surface area contributed by atoms with Crippen LogP contribution in [0.25, 0.3) is 0 Å². The lowest BCUT2D eigenvalue weighted by Crippen LogP contribution is -2.44. The maximum absolute atomic E-state index is 12.9. The molecular formula is C64H103NO8. The lowest BCUT2D eigenvalue weighted by atomic mass is 10.1. The monoisotopic (exact) mass is 1010 g/mol. The van der Waals surface area contributed by atoms with Gasteiger partial charge in [0, 0.05) is 12.8 Å². The first-order valence-electron chi connectivity index (χ1n) is 28.3. The number of aliphatic carboxylic acids is 1. The largest absolute Gasteiger partial charge is 0.545 e. The molecule has 0 aliphatic rings. The van der Waals surface area contributed by atoms with Gasteiger partial charge in [0.15, 0.2) is 12.4 Å².